The van der Waals surface area contributed by atoms with E-state index in [9.17, 15) is 19.7 Å². The second kappa shape index (κ2) is 5.06. The number of hydrogen-bond donors (Lipinski definition) is 1. The van der Waals surface area contributed by atoms with Gasteiger partial charge in [-0.3, -0.25) is 19.7 Å². The van der Waals surface area contributed by atoms with Gasteiger partial charge in [-0.05, 0) is 6.92 Å². The lowest BCUT2D eigenvalue weighted by molar-refractivity contribution is -0.385. The van der Waals surface area contributed by atoms with Crippen LogP contribution in [0.4, 0.5) is 5.69 Å². The van der Waals surface area contributed by atoms with Crippen LogP contribution in [0.15, 0.2) is 17.1 Å². The van der Waals surface area contributed by atoms with Crippen molar-refractivity contribution in [2.45, 2.75) is 13.3 Å². The Labute approximate surface area is 90.2 Å². The number of nitrogens with one attached hydrogen (secondary N) is 1. The molecule has 1 heterocycles. The van der Waals surface area contributed by atoms with E-state index in [2.05, 4.69) is 9.72 Å². The monoisotopic (exact) mass is 226 g/mol. The van der Waals surface area contributed by atoms with Crippen LogP contribution in [0.25, 0.3) is 0 Å². The molecule has 0 saturated carbocycles. The lowest BCUT2D eigenvalue weighted by Crippen LogP contribution is -2.13. The molecule has 1 aromatic rings. The van der Waals surface area contributed by atoms with Gasteiger partial charge < -0.3 is 9.72 Å². The Morgan fingerprint density at radius 1 is 1.62 bits per heavy atom. The third-order valence-corrected chi connectivity index (χ3v) is 1.82. The number of pyridine rings is 1. The van der Waals surface area contributed by atoms with Crippen LogP contribution < -0.4 is 5.56 Å². The van der Waals surface area contributed by atoms with E-state index in [0.717, 1.165) is 12.3 Å². The second-order valence-corrected chi connectivity index (χ2v) is 2.95. The van der Waals surface area contributed by atoms with Gasteiger partial charge in [-0.25, -0.2) is 0 Å². The SMILES string of the molecule is CCOC(=O)Cc1cc(=O)[nH]cc1[N+](=O)[O-]. The van der Waals surface area contributed by atoms with Crippen LogP contribution >= 0.6 is 0 Å². The van der Waals surface area contributed by atoms with E-state index in [4.69, 9.17) is 0 Å². The van der Waals surface area contributed by atoms with Gasteiger partial charge in [0.25, 0.3) is 5.69 Å². The summed E-state index contributed by atoms with van der Waals surface area (Å²) in [5.41, 5.74) is -0.746. The molecule has 1 N–H and O–H groups in total. The molecule has 0 radical (unpaired) electrons. The summed E-state index contributed by atoms with van der Waals surface area (Å²) in [4.78, 5) is 34.2. The highest BCUT2D eigenvalue weighted by atomic mass is 16.6. The van der Waals surface area contributed by atoms with Gasteiger partial charge in [0, 0.05) is 11.6 Å². The van der Waals surface area contributed by atoms with E-state index in [1.165, 1.54) is 0 Å². The molecular weight excluding hydrogens is 216 g/mol. The lowest BCUT2D eigenvalue weighted by Gasteiger charge is -2.02. The van der Waals surface area contributed by atoms with Crippen molar-refractivity contribution in [3.8, 4) is 0 Å². The Balaban J connectivity index is 3.01. The molecule has 0 bridgehead atoms. The van der Waals surface area contributed by atoms with Crippen LogP contribution in [0.2, 0.25) is 0 Å². The maximum atomic E-state index is 11.1. The average Bonchev–Trinajstić information content (AvgIpc) is 2.17. The summed E-state index contributed by atoms with van der Waals surface area (Å²) in [5.74, 6) is -0.601. The summed E-state index contributed by atoms with van der Waals surface area (Å²) in [6.07, 6.45) is 0.685. The number of carbonyl (C=O) groups is 1. The number of carbonyl (C=O) groups excluding carboxylic acids is 1. The van der Waals surface area contributed by atoms with Gasteiger partial charge in [-0.15, -0.1) is 0 Å². The van der Waals surface area contributed by atoms with E-state index in [1.54, 1.807) is 6.92 Å². The van der Waals surface area contributed by atoms with Gasteiger partial charge in [0.1, 0.15) is 0 Å². The molecule has 7 heteroatoms. The first-order valence-electron chi connectivity index (χ1n) is 4.56. The first-order valence-corrected chi connectivity index (χ1v) is 4.56. The normalized spacial score (nSPS) is 9.81. The molecular formula is C9H10N2O5. The number of nitro groups is 1. The molecule has 0 aliphatic rings. The number of ether oxygens (including phenoxy) is 1. The van der Waals surface area contributed by atoms with Crippen LogP contribution in [0.5, 0.6) is 0 Å². The molecule has 0 fully saturated rings. The summed E-state index contributed by atoms with van der Waals surface area (Å²) < 4.78 is 4.65. The minimum absolute atomic E-state index is 0.0483. The molecule has 0 spiro atoms. The Morgan fingerprint density at radius 2 is 2.31 bits per heavy atom. The van der Waals surface area contributed by atoms with Crippen molar-refractivity contribution >= 4 is 11.7 Å². The largest absolute Gasteiger partial charge is 0.466 e. The first kappa shape index (κ1) is 11.9. The number of rotatable bonds is 4. The number of H-pyrrole nitrogens is 1. The maximum Gasteiger partial charge on any atom is 0.310 e. The van der Waals surface area contributed by atoms with Gasteiger partial charge in [0.05, 0.1) is 24.1 Å². The molecule has 0 saturated heterocycles. The van der Waals surface area contributed by atoms with Gasteiger partial charge in [0.2, 0.25) is 5.56 Å². The predicted octanol–water partition coefficient (Wildman–Crippen LogP) is 0.389. The summed E-state index contributed by atoms with van der Waals surface area (Å²) in [7, 11) is 0. The molecule has 0 amide bonds. The van der Waals surface area contributed by atoms with Crippen molar-refractivity contribution in [3.05, 3.63) is 38.3 Å². The first-order chi connectivity index (χ1) is 7.54. The van der Waals surface area contributed by atoms with Crippen molar-refractivity contribution in [2.75, 3.05) is 6.61 Å². The molecule has 0 unspecified atom stereocenters. The molecule has 0 aliphatic carbocycles. The minimum Gasteiger partial charge on any atom is -0.466 e. The third kappa shape index (κ3) is 2.91. The molecule has 86 valence electrons. The smallest absolute Gasteiger partial charge is 0.310 e. The second-order valence-electron chi connectivity index (χ2n) is 2.95. The molecule has 16 heavy (non-hydrogen) atoms. The topological polar surface area (TPSA) is 102 Å². The van der Waals surface area contributed by atoms with Gasteiger partial charge in [-0.2, -0.15) is 0 Å². The number of aromatic amines is 1. The molecule has 1 rings (SSSR count). The fourth-order valence-corrected chi connectivity index (χ4v) is 1.19. The molecule has 0 aliphatic heterocycles. The van der Waals surface area contributed by atoms with Gasteiger partial charge in [-0.1, -0.05) is 0 Å². The van der Waals surface area contributed by atoms with Crippen molar-refractivity contribution in [1.29, 1.82) is 0 Å². The van der Waals surface area contributed by atoms with Gasteiger partial charge in [0.15, 0.2) is 0 Å². The van der Waals surface area contributed by atoms with Crippen LogP contribution in [0.1, 0.15) is 12.5 Å². The molecule has 7 nitrogen and oxygen atoms in total. The van der Waals surface area contributed by atoms with E-state index in [0.29, 0.717) is 0 Å². The third-order valence-electron chi connectivity index (χ3n) is 1.82. The minimum atomic E-state index is -0.662. The lowest BCUT2D eigenvalue weighted by atomic mass is 10.1. The van der Waals surface area contributed by atoms with Crippen molar-refractivity contribution in [2.24, 2.45) is 0 Å². The van der Waals surface area contributed by atoms with Crippen molar-refractivity contribution in [3.63, 3.8) is 0 Å². The summed E-state index contributed by atoms with van der Waals surface area (Å²) in [6.45, 7) is 1.82. The van der Waals surface area contributed by atoms with Crippen LogP contribution in [0.3, 0.4) is 0 Å². The summed E-state index contributed by atoms with van der Waals surface area (Å²) in [6, 6.07) is 1.02. The van der Waals surface area contributed by atoms with Crippen molar-refractivity contribution < 1.29 is 14.5 Å². The predicted molar refractivity (Wildman–Crippen MR) is 54.1 cm³/mol. The molecule has 0 atom stereocenters. The van der Waals surface area contributed by atoms with Crippen LogP contribution in [-0.4, -0.2) is 22.5 Å². The van der Waals surface area contributed by atoms with Crippen LogP contribution in [0, 0.1) is 10.1 Å². The van der Waals surface area contributed by atoms with E-state index < -0.39 is 16.5 Å². The average molecular weight is 226 g/mol. The van der Waals surface area contributed by atoms with E-state index >= 15 is 0 Å². The quantitative estimate of drug-likeness (QED) is 0.454. The zero-order chi connectivity index (χ0) is 12.1. The Hall–Kier alpha value is -2.18. The summed E-state index contributed by atoms with van der Waals surface area (Å²) >= 11 is 0. The molecule has 0 aromatic carbocycles. The van der Waals surface area contributed by atoms with E-state index in [1.807, 2.05) is 0 Å². The van der Waals surface area contributed by atoms with E-state index in [-0.39, 0.29) is 24.3 Å². The fraction of sp³-hybridized carbons (Fsp3) is 0.333. The zero-order valence-electron chi connectivity index (χ0n) is 8.56. The highest BCUT2D eigenvalue weighted by molar-refractivity contribution is 5.73. The van der Waals surface area contributed by atoms with Gasteiger partial charge >= 0.3 is 5.97 Å². The Kier molecular flexibility index (Phi) is 3.76. The maximum absolute atomic E-state index is 11.1. The highest BCUT2D eigenvalue weighted by Crippen LogP contribution is 2.15. The highest BCUT2D eigenvalue weighted by Gasteiger charge is 2.17. The number of hydrogen-bond acceptors (Lipinski definition) is 5. The Morgan fingerprint density at radius 3 is 2.88 bits per heavy atom. The fourth-order valence-electron chi connectivity index (χ4n) is 1.19. The number of aromatic nitrogens is 1. The molecule has 1 aromatic heterocycles. The number of nitrogens with zero attached hydrogens (tertiary/aromatic N) is 1. The Bertz CT molecular complexity index is 465. The standard InChI is InChI=1S/C9H10N2O5/c1-2-16-9(13)4-6-3-8(12)10-5-7(6)11(14)15/h3,5H,2,4H2,1H3,(H,10,12). The van der Waals surface area contributed by atoms with Crippen LogP contribution in [-0.2, 0) is 16.0 Å². The number of esters is 1. The van der Waals surface area contributed by atoms with Crippen molar-refractivity contribution in [1.82, 2.24) is 4.98 Å². The zero-order valence-corrected chi connectivity index (χ0v) is 8.56. The summed E-state index contributed by atoms with van der Waals surface area (Å²) in [5, 5.41) is 10.6.